The van der Waals surface area contributed by atoms with E-state index in [-0.39, 0.29) is 12.1 Å². The highest BCUT2D eigenvalue weighted by molar-refractivity contribution is 5.89. The smallest absolute Gasteiger partial charge is 0.336 e. The molecule has 4 amide bonds. The largest absolute Gasteiger partial charge is 0.346 e. The topological polar surface area (TPSA) is 73.9 Å². The van der Waals surface area contributed by atoms with Gasteiger partial charge in [-0.05, 0) is 12.1 Å². The number of nitrogens with zero attached hydrogens (tertiary/aromatic N) is 2. The fourth-order valence-electron chi connectivity index (χ4n) is 1.96. The summed E-state index contributed by atoms with van der Waals surface area (Å²) in [5.41, 5.74) is 0.645. The first-order chi connectivity index (χ1) is 9.72. The van der Waals surface area contributed by atoms with E-state index in [1.807, 2.05) is 18.2 Å². The van der Waals surface area contributed by atoms with Gasteiger partial charge in [0.25, 0.3) is 0 Å². The summed E-state index contributed by atoms with van der Waals surface area (Å²) < 4.78 is 0. The molecule has 1 fully saturated rings. The van der Waals surface area contributed by atoms with Crippen molar-refractivity contribution in [2.45, 2.75) is 0 Å². The standard InChI is InChI=1S/C13H18N4O3/c1-20-17(11-5-3-2-4-6-11)13(19)15-8-10-16-9-7-14-12(16)18/h2-6H,7-10H2,1H3,(H,14,18)(H,15,19). The van der Waals surface area contributed by atoms with Gasteiger partial charge in [0.1, 0.15) is 0 Å². The minimum Gasteiger partial charge on any atom is -0.336 e. The van der Waals surface area contributed by atoms with Gasteiger partial charge in [0.05, 0.1) is 12.8 Å². The second-order valence-corrected chi connectivity index (χ2v) is 4.26. The molecule has 1 aliphatic heterocycles. The maximum Gasteiger partial charge on any atom is 0.346 e. The number of para-hydroxylation sites is 1. The Balaban J connectivity index is 1.82. The lowest BCUT2D eigenvalue weighted by molar-refractivity contribution is 0.162. The average Bonchev–Trinajstić information content (AvgIpc) is 2.86. The molecule has 7 heteroatoms. The van der Waals surface area contributed by atoms with Gasteiger partial charge in [0.2, 0.25) is 0 Å². The van der Waals surface area contributed by atoms with Crippen LogP contribution in [0.3, 0.4) is 0 Å². The fraction of sp³-hybridized carbons (Fsp3) is 0.385. The third kappa shape index (κ3) is 3.39. The quantitative estimate of drug-likeness (QED) is 0.782. The molecule has 1 saturated heterocycles. The SMILES string of the molecule is CON(C(=O)NCCN1CCNC1=O)c1ccccc1. The van der Waals surface area contributed by atoms with Gasteiger partial charge in [0.15, 0.2) is 0 Å². The van der Waals surface area contributed by atoms with Crippen LogP contribution in [0.25, 0.3) is 0 Å². The number of benzene rings is 1. The van der Waals surface area contributed by atoms with Gasteiger partial charge in [-0.15, -0.1) is 0 Å². The first-order valence-electron chi connectivity index (χ1n) is 6.42. The van der Waals surface area contributed by atoms with Crippen LogP contribution in [-0.2, 0) is 4.84 Å². The summed E-state index contributed by atoms with van der Waals surface area (Å²) in [6, 6.07) is 8.60. The van der Waals surface area contributed by atoms with Crippen molar-refractivity contribution in [2.24, 2.45) is 0 Å². The first-order valence-corrected chi connectivity index (χ1v) is 6.42. The number of hydrogen-bond acceptors (Lipinski definition) is 3. The highest BCUT2D eigenvalue weighted by Crippen LogP contribution is 2.12. The molecule has 0 unspecified atom stereocenters. The van der Waals surface area contributed by atoms with Gasteiger partial charge in [-0.2, -0.15) is 5.06 Å². The molecule has 1 heterocycles. The summed E-state index contributed by atoms with van der Waals surface area (Å²) >= 11 is 0. The Labute approximate surface area is 117 Å². The number of hydrogen-bond donors (Lipinski definition) is 2. The van der Waals surface area contributed by atoms with Gasteiger partial charge < -0.3 is 15.5 Å². The van der Waals surface area contributed by atoms with Crippen LogP contribution in [-0.4, -0.2) is 50.3 Å². The molecule has 0 spiro atoms. The third-order valence-corrected chi connectivity index (χ3v) is 2.96. The zero-order chi connectivity index (χ0) is 14.4. The number of anilines is 1. The van der Waals surface area contributed by atoms with Gasteiger partial charge in [0, 0.05) is 26.2 Å². The van der Waals surface area contributed by atoms with E-state index in [0.717, 1.165) is 0 Å². The Kier molecular flexibility index (Phi) is 4.78. The minimum atomic E-state index is -0.363. The number of amides is 4. The summed E-state index contributed by atoms with van der Waals surface area (Å²) in [7, 11) is 1.43. The second-order valence-electron chi connectivity index (χ2n) is 4.26. The van der Waals surface area contributed by atoms with E-state index in [1.54, 1.807) is 17.0 Å². The monoisotopic (exact) mass is 278 g/mol. The van der Waals surface area contributed by atoms with Crippen molar-refractivity contribution in [1.82, 2.24) is 15.5 Å². The zero-order valence-electron chi connectivity index (χ0n) is 11.3. The molecule has 0 bridgehead atoms. The molecule has 108 valence electrons. The molecule has 1 aliphatic rings. The lowest BCUT2D eigenvalue weighted by Crippen LogP contribution is -2.43. The lowest BCUT2D eigenvalue weighted by atomic mass is 10.3. The van der Waals surface area contributed by atoms with Crippen molar-refractivity contribution >= 4 is 17.7 Å². The second kappa shape index (κ2) is 6.76. The summed E-state index contributed by atoms with van der Waals surface area (Å²) in [6.45, 7) is 2.17. The Bertz CT molecular complexity index is 466. The Morgan fingerprint density at radius 3 is 2.80 bits per heavy atom. The van der Waals surface area contributed by atoms with Crippen LogP contribution in [0.1, 0.15) is 0 Å². The predicted molar refractivity (Wildman–Crippen MR) is 74.3 cm³/mol. The van der Waals surface area contributed by atoms with Crippen molar-refractivity contribution < 1.29 is 14.4 Å². The summed E-state index contributed by atoms with van der Waals surface area (Å²) in [5.74, 6) is 0. The Morgan fingerprint density at radius 1 is 1.45 bits per heavy atom. The number of rotatable bonds is 5. The maximum atomic E-state index is 12.0. The molecular formula is C13H18N4O3. The van der Waals surface area contributed by atoms with E-state index < -0.39 is 0 Å². The predicted octanol–water partition coefficient (Wildman–Crippen LogP) is 0.789. The van der Waals surface area contributed by atoms with Crippen LogP contribution in [0.15, 0.2) is 30.3 Å². The highest BCUT2D eigenvalue weighted by atomic mass is 16.7. The zero-order valence-corrected chi connectivity index (χ0v) is 11.3. The number of carbonyl (C=O) groups is 2. The van der Waals surface area contributed by atoms with E-state index in [1.165, 1.54) is 12.2 Å². The molecule has 2 N–H and O–H groups in total. The van der Waals surface area contributed by atoms with Crippen LogP contribution in [0.4, 0.5) is 15.3 Å². The van der Waals surface area contributed by atoms with Gasteiger partial charge in [-0.1, -0.05) is 18.2 Å². The summed E-state index contributed by atoms with van der Waals surface area (Å²) in [4.78, 5) is 30.1. The van der Waals surface area contributed by atoms with Gasteiger partial charge in [-0.3, -0.25) is 4.84 Å². The molecule has 1 aromatic rings. The van der Waals surface area contributed by atoms with Crippen molar-refractivity contribution in [3.8, 4) is 0 Å². The van der Waals surface area contributed by atoms with Gasteiger partial charge >= 0.3 is 12.1 Å². The number of nitrogens with one attached hydrogen (secondary N) is 2. The van der Waals surface area contributed by atoms with Gasteiger partial charge in [-0.25, -0.2) is 9.59 Å². The molecule has 20 heavy (non-hydrogen) atoms. The van der Waals surface area contributed by atoms with Crippen molar-refractivity contribution in [2.75, 3.05) is 38.4 Å². The Morgan fingerprint density at radius 2 is 2.20 bits per heavy atom. The van der Waals surface area contributed by atoms with Crippen molar-refractivity contribution in [3.63, 3.8) is 0 Å². The summed E-state index contributed by atoms with van der Waals surface area (Å²) in [5, 5.41) is 6.60. The Hall–Kier alpha value is -2.28. The molecule has 2 rings (SSSR count). The first kappa shape index (κ1) is 14.1. The molecular weight excluding hydrogens is 260 g/mol. The van der Waals surface area contributed by atoms with Crippen LogP contribution < -0.4 is 15.7 Å². The molecule has 0 atom stereocenters. The van der Waals surface area contributed by atoms with Crippen molar-refractivity contribution in [3.05, 3.63) is 30.3 Å². The number of hydroxylamine groups is 1. The molecule has 1 aromatic carbocycles. The highest BCUT2D eigenvalue weighted by Gasteiger charge is 2.20. The molecule has 0 aromatic heterocycles. The van der Waals surface area contributed by atoms with E-state index >= 15 is 0 Å². The van der Waals surface area contributed by atoms with Crippen molar-refractivity contribution in [1.29, 1.82) is 0 Å². The van der Waals surface area contributed by atoms with E-state index in [2.05, 4.69) is 10.6 Å². The third-order valence-electron chi connectivity index (χ3n) is 2.96. The van der Waals surface area contributed by atoms with E-state index in [0.29, 0.717) is 31.9 Å². The molecule has 7 nitrogen and oxygen atoms in total. The van der Waals surface area contributed by atoms with Crippen LogP contribution in [0, 0.1) is 0 Å². The fourth-order valence-corrected chi connectivity index (χ4v) is 1.96. The van der Waals surface area contributed by atoms with Crippen LogP contribution >= 0.6 is 0 Å². The molecule has 0 radical (unpaired) electrons. The van der Waals surface area contributed by atoms with E-state index in [9.17, 15) is 9.59 Å². The molecule has 0 aliphatic carbocycles. The molecule has 0 saturated carbocycles. The lowest BCUT2D eigenvalue weighted by Gasteiger charge is -2.21. The van der Waals surface area contributed by atoms with E-state index in [4.69, 9.17) is 4.84 Å². The van der Waals surface area contributed by atoms with Crippen LogP contribution in [0.5, 0.6) is 0 Å². The normalized spacial score (nSPS) is 14.1. The summed E-state index contributed by atoms with van der Waals surface area (Å²) in [6.07, 6.45) is 0. The average molecular weight is 278 g/mol. The number of carbonyl (C=O) groups excluding carboxylic acids is 2. The minimum absolute atomic E-state index is 0.0918. The maximum absolute atomic E-state index is 12.0. The van der Waals surface area contributed by atoms with Crippen LogP contribution in [0.2, 0.25) is 0 Å². The number of urea groups is 2.